The van der Waals surface area contributed by atoms with Crippen molar-refractivity contribution < 1.29 is 23.8 Å². The van der Waals surface area contributed by atoms with Gasteiger partial charge in [-0.3, -0.25) is 9.59 Å². The Hall–Kier alpha value is -0.940. The first-order valence-electron chi connectivity index (χ1n) is 8.92. The monoisotopic (exact) mass is 326 g/mol. The number of methoxy groups -OCH3 is 1. The number of carbonyl (C=O) groups excluding carboxylic acids is 2. The van der Waals surface area contributed by atoms with Gasteiger partial charge in [0.2, 0.25) is 0 Å². The summed E-state index contributed by atoms with van der Waals surface area (Å²) in [6, 6.07) is 0. The molecule has 0 aromatic carbocycles. The third-order valence-corrected chi connectivity index (χ3v) is 5.37. The minimum absolute atomic E-state index is 0.0420. The molecule has 2 rings (SSSR count). The second kappa shape index (κ2) is 8.25. The van der Waals surface area contributed by atoms with Crippen LogP contribution in [0.5, 0.6) is 0 Å². The molecule has 1 saturated carbocycles. The topological polar surface area (TPSA) is 61.8 Å². The molecule has 3 atom stereocenters. The number of hydrogen-bond acceptors (Lipinski definition) is 5. The lowest BCUT2D eigenvalue weighted by Gasteiger charge is -2.34. The summed E-state index contributed by atoms with van der Waals surface area (Å²) in [6.45, 7) is 4.87. The molecule has 0 bridgehead atoms. The molecule has 0 radical (unpaired) electrons. The fourth-order valence-electron chi connectivity index (χ4n) is 4.30. The largest absolute Gasteiger partial charge is 0.468 e. The van der Waals surface area contributed by atoms with E-state index in [9.17, 15) is 9.59 Å². The molecule has 1 aliphatic carbocycles. The maximum atomic E-state index is 12.1. The van der Waals surface area contributed by atoms with Crippen molar-refractivity contribution >= 4 is 11.8 Å². The summed E-state index contributed by atoms with van der Waals surface area (Å²) in [5.74, 6) is -1.76. The van der Waals surface area contributed by atoms with Gasteiger partial charge in [0.15, 0.2) is 5.79 Å². The van der Waals surface area contributed by atoms with Crippen LogP contribution in [0.4, 0.5) is 0 Å². The first kappa shape index (κ1) is 18.4. The van der Waals surface area contributed by atoms with E-state index in [1.807, 2.05) is 0 Å². The van der Waals surface area contributed by atoms with Crippen molar-refractivity contribution in [3.8, 4) is 0 Å². The average molecular weight is 326 g/mol. The first-order chi connectivity index (χ1) is 11.1. The minimum atomic E-state index is -0.691. The second-order valence-electron chi connectivity index (χ2n) is 6.78. The number of ether oxygens (including phenoxy) is 3. The van der Waals surface area contributed by atoms with Gasteiger partial charge in [0.05, 0.1) is 20.3 Å². The normalized spacial score (nSPS) is 27.3. The number of ketones is 1. The van der Waals surface area contributed by atoms with E-state index in [1.165, 1.54) is 33.3 Å². The Morgan fingerprint density at radius 1 is 1.22 bits per heavy atom. The third-order valence-electron chi connectivity index (χ3n) is 5.37. The summed E-state index contributed by atoms with van der Waals surface area (Å²) >= 11 is 0. The van der Waals surface area contributed by atoms with E-state index in [2.05, 4.69) is 6.92 Å². The van der Waals surface area contributed by atoms with Gasteiger partial charge in [0.25, 0.3) is 0 Å². The number of unbranched alkanes of at least 4 members (excludes halogenated alkanes) is 3. The van der Waals surface area contributed by atoms with Crippen LogP contribution < -0.4 is 0 Å². The summed E-state index contributed by atoms with van der Waals surface area (Å²) in [5.41, 5.74) is 0. The smallest absolute Gasteiger partial charge is 0.316 e. The molecule has 0 aromatic rings. The Balaban J connectivity index is 2.15. The number of rotatable bonds is 8. The molecule has 5 heteroatoms. The predicted octanol–water partition coefficient (Wildman–Crippen LogP) is 3.10. The highest BCUT2D eigenvalue weighted by molar-refractivity contribution is 5.98. The molecule has 2 fully saturated rings. The molecule has 5 nitrogen and oxygen atoms in total. The van der Waals surface area contributed by atoms with Gasteiger partial charge in [0, 0.05) is 12.3 Å². The second-order valence-corrected chi connectivity index (χ2v) is 6.78. The summed E-state index contributed by atoms with van der Waals surface area (Å²) in [5, 5.41) is 0. The van der Waals surface area contributed by atoms with E-state index in [0.29, 0.717) is 13.2 Å². The molecule has 1 spiro atoms. The highest BCUT2D eigenvalue weighted by atomic mass is 16.7. The van der Waals surface area contributed by atoms with Crippen molar-refractivity contribution in [1.82, 2.24) is 0 Å². The zero-order chi connectivity index (χ0) is 16.9. The number of Topliss-reactive ketones (excluding diaryl/α,β-unsaturated/α-hetero) is 1. The molecular formula is C18H30O5. The van der Waals surface area contributed by atoms with Gasteiger partial charge in [0.1, 0.15) is 11.7 Å². The van der Waals surface area contributed by atoms with Gasteiger partial charge in [-0.05, 0) is 25.7 Å². The van der Waals surface area contributed by atoms with E-state index >= 15 is 0 Å². The van der Waals surface area contributed by atoms with E-state index in [0.717, 1.165) is 25.7 Å². The van der Waals surface area contributed by atoms with Crippen LogP contribution in [-0.2, 0) is 23.8 Å². The van der Waals surface area contributed by atoms with Crippen molar-refractivity contribution in [3.05, 3.63) is 0 Å². The molecule has 1 aliphatic heterocycles. The lowest BCUT2D eigenvalue weighted by molar-refractivity contribution is -0.191. The Labute approximate surface area is 139 Å². The predicted molar refractivity (Wildman–Crippen MR) is 85.8 cm³/mol. The highest BCUT2D eigenvalue weighted by Crippen LogP contribution is 2.51. The summed E-state index contributed by atoms with van der Waals surface area (Å²) < 4.78 is 16.8. The van der Waals surface area contributed by atoms with Crippen LogP contribution in [0.3, 0.4) is 0 Å². The maximum absolute atomic E-state index is 12.1. The van der Waals surface area contributed by atoms with Crippen LogP contribution in [0, 0.1) is 17.8 Å². The van der Waals surface area contributed by atoms with Crippen LogP contribution in [-0.4, -0.2) is 37.9 Å². The van der Waals surface area contributed by atoms with Gasteiger partial charge in [-0.2, -0.15) is 0 Å². The minimum Gasteiger partial charge on any atom is -0.468 e. The fraction of sp³-hybridized carbons (Fsp3) is 0.889. The average Bonchev–Trinajstić information content (AvgIpc) is 3.13. The Kier molecular flexibility index (Phi) is 6.60. The zero-order valence-corrected chi connectivity index (χ0v) is 14.6. The molecule has 1 heterocycles. The summed E-state index contributed by atoms with van der Waals surface area (Å²) in [6.07, 6.45) is 7.11. The molecular weight excluding hydrogens is 296 g/mol. The van der Waals surface area contributed by atoms with Gasteiger partial charge in [-0.1, -0.05) is 32.6 Å². The Morgan fingerprint density at radius 3 is 2.48 bits per heavy atom. The molecule has 23 heavy (non-hydrogen) atoms. The van der Waals surface area contributed by atoms with Crippen molar-refractivity contribution in [1.29, 1.82) is 0 Å². The van der Waals surface area contributed by atoms with Gasteiger partial charge in [-0.15, -0.1) is 0 Å². The molecule has 0 aromatic heterocycles. The number of esters is 1. The molecule has 3 unspecified atom stereocenters. The van der Waals surface area contributed by atoms with Gasteiger partial charge in [-0.25, -0.2) is 0 Å². The van der Waals surface area contributed by atoms with Crippen molar-refractivity contribution in [2.24, 2.45) is 17.8 Å². The molecule has 0 N–H and O–H groups in total. The quantitative estimate of drug-likeness (QED) is 0.390. The first-order valence-corrected chi connectivity index (χ1v) is 8.92. The number of hydrogen-bond donors (Lipinski definition) is 0. The zero-order valence-electron chi connectivity index (χ0n) is 14.6. The highest BCUT2D eigenvalue weighted by Gasteiger charge is 2.56. The SMILES string of the molecule is CCCCCCC1C(C(C(C)=O)C(=O)OC)CCC12OCCO2. The third kappa shape index (κ3) is 3.94. The van der Waals surface area contributed by atoms with Gasteiger partial charge >= 0.3 is 5.97 Å². The van der Waals surface area contributed by atoms with Crippen LogP contribution in [0.15, 0.2) is 0 Å². The van der Waals surface area contributed by atoms with Crippen molar-refractivity contribution in [2.45, 2.75) is 64.6 Å². The van der Waals surface area contributed by atoms with Crippen LogP contribution >= 0.6 is 0 Å². The summed E-state index contributed by atoms with van der Waals surface area (Å²) in [7, 11) is 1.35. The lowest BCUT2D eigenvalue weighted by Crippen LogP contribution is -2.41. The molecule has 132 valence electrons. The van der Waals surface area contributed by atoms with Crippen LogP contribution in [0.2, 0.25) is 0 Å². The molecule has 0 amide bonds. The van der Waals surface area contributed by atoms with Crippen LogP contribution in [0.25, 0.3) is 0 Å². The van der Waals surface area contributed by atoms with E-state index < -0.39 is 17.7 Å². The van der Waals surface area contributed by atoms with Gasteiger partial charge < -0.3 is 14.2 Å². The van der Waals surface area contributed by atoms with E-state index in [4.69, 9.17) is 14.2 Å². The standard InChI is InChI=1S/C18H30O5/c1-4-5-6-7-8-15-14(16(13(2)19)17(20)21-3)9-10-18(15)22-11-12-23-18/h14-16H,4-12H2,1-3H3. The number of carbonyl (C=O) groups is 2. The molecule has 1 saturated heterocycles. The molecule has 2 aliphatic rings. The Bertz CT molecular complexity index is 414. The van der Waals surface area contributed by atoms with Crippen LogP contribution in [0.1, 0.15) is 58.8 Å². The van der Waals surface area contributed by atoms with E-state index in [-0.39, 0.29) is 17.6 Å². The fourth-order valence-corrected chi connectivity index (χ4v) is 4.30. The summed E-state index contributed by atoms with van der Waals surface area (Å²) in [4.78, 5) is 24.2. The lowest BCUT2D eigenvalue weighted by atomic mass is 9.78. The maximum Gasteiger partial charge on any atom is 0.316 e. The Morgan fingerprint density at radius 2 is 1.91 bits per heavy atom. The van der Waals surface area contributed by atoms with Crippen molar-refractivity contribution in [3.63, 3.8) is 0 Å². The van der Waals surface area contributed by atoms with E-state index in [1.54, 1.807) is 0 Å². The van der Waals surface area contributed by atoms with Crippen molar-refractivity contribution in [2.75, 3.05) is 20.3 Å².